The van der Waals surface area contributed by atoms with Crippen molar-refractivity contribution in [1.82, 2.24) is 42.5 Å². The lowest BCUT2D eigenvalue weighted by Gasteiger charge is -2.24. The molecule has 8 amide bonds. The van der Waals surface area contributed by atoms with Gasteiger partial charge in [-0.05, 0) is 68.2 Å². The molecule has 52 heavy (non-hydrogen) atoms. The molecule has 0 bridgehead atoms. The van der Waals surface area contributed by atoms with Crippen molar-refractivity contribution in [3.05, 3.63) is 0 Å². The van der Waals surface area contributed by atoms with Gasteiger partial charge in [0.25, 0.3) is 0 Å². The van der Waals surface area contributed by atoms with Gasteiger partial charge in [0.15, 0.2) is 5.96 Å². The molecule has 0 aromatic rings. The van der Waals surface area contributed by atoms with Crippen LogP contribution in [0.15, 0.2) is 4.99 Å². The minimum Gasteiger partial charge on any atom is -0.480 e. The van der Waals surface area contributed by atoms with Crippen molar-refractivity contribution < 1.29 is 48.3 Å². The van der Waals surface area contributed by atoms with Crippen LogP contribution in [0.5, 0.6) is 0 Å². The summed E-state index contributed by atoms with van der Waals surface area (Å²) in [7, 11) is 0. The molecule has 294 valence electrons. The number of carboxylic acid groups (broad SMARTS) is 1. The van der Waals surface area contributed by atoms with E-state index in [1.807, 2.05) is 0 Å². The number of nitrogens with two attached hydrogens (primary N) is 3. The number of hydrogen-bond donors (Lipinski definition) is 12. The van der Waals surface area contributed by atoms with Crippen LogP contribution >= 0.6 is 0 Å². The van der Waals surface area contributed by atoms with Crippen LogP contribution in [0.25, 0.3) is 0 Å². The monoisotopic (exact) mass is 742 g/mol. The van der Waals surface area contributed by atoms with Crippen molar-refractivity contribution in [1.29, 1.82) is 0 Å². The lowest BCUT2D eigenvalue weighted by Crippen LogP contribution is -2.58. The molecule has 0 spiro atoms. The second kappa shape index (κ2) is 22.3. The summed E-state index contributed by atoms with van der Waals surface area (Å²) in [6.45, 7) is 10.9. The first kappa shape index (κ1) is 46.5. The van der Waals surface area contributed by atoms with E-state index in [1.165, 1.54) is 55.4 Å². The van der Waals surface area contributed by atoms with Gasteiger partial charge in [0.2, 0.25) is 47.3 Å². The Kier molecular flexibility index (Phi) is 19.9. The Balaban J connectivity index is 5.02. The van der Waals surface area contributed by atoms with Gasteiger partial charge in [-0.25, -0.2) is 0 Å². The Morgan fingerprint density at radius 1 is 0.481 bits per heavy atom. The van der Waals surface area contributed by atoms with Gasteiger partial charge < -0.3 is 64.8 Å². The third-order valence-electron chi connectivity index (χ3n) is 7.23. The number of amides is 8. The number of nitrogens with zero attached hydrogens (tertiary/aromatic N) is 1. The van der Waals surface area contributed by atoms with E-state index in [9.17, 15) is 43.2 Å². The summed E-state index contributed by atoms with van der Waals surface area (Å²) in [4.78, 5) is 115. The average molecular weight is 743 g/mol. The van der Waals surface area contributed by atoms with Gasteiger partial charge >= 0.3 is 5.97 Å². The Hall–Kier alpha value is -5.54. The van der Waals surface area contributed by atoms with E-state index >= 15 is 0 Å². The van der Waals surface area contributed by atoms with Gasteiger partial charge in [0, 0.05) is 6.54 Å². The minimum absolute atomic E-state index is 0.124. The highest BCUT2D eigenvalue weighted by Gasteiger charge is 2.29. The largest absolute Gasteiger partial charge is 0.480 e. The molecule has 0 aliphatic carbocycles. The molecule has 0 aliphatic heterocycles. The highest BCUT2D eigenvalue weighted by atomic mass is 16.4. The number of aliphatic imine (C=N–C) groups is 1. The zero-order chi connectivity index (χ0) is 40.5. The van der Waals surface area contributed by atoms with Crippen molar-refractivity contribution in [2.75, 3.05) is 6.54 Å². The number of carbonyl (C=O) groups is 9. The van der Waals surface area contributed by atoms with Gasteiger partial charge in [-0.15, -0.1) is 0 Å². The quantitative estimate of drug-likeness (QED) is 0.0297. The van der Waals surface area contributed by atoms with E-state index in [1.54, 1.807) is 0 Å². The Morgan fingerprint density at radius 3 is 1.04 bits per heavy atom. The molecule has 0 aromatic heterocycles. The maximum absolute atomic E-state index is 12.9. The van der Waals surface area contributed by atoms with E-state index in [2.05, 4.69) is 47.5 Å². The number of hydrogen-bond acceptors (Lipinski definition) is 11. The van der Waals surface area contributed by atoms with Gasteiger partial charge in [-0.1, -0.05) is 0 Å². The molecule has 22 nitrogen and oxygen atoms in total. The number of rotatable bonds is 21. The van der Waals surface area contributed by atoms with Crippen molar-refractivity contribution in [2.45, 2.75) is 123 Å². The molecule has 22 heteroatoms. The van der Waals surface area contributed by atoms with Crippen LogP contribution in [0.2, 0.25) is 0 Å². The SMILES string of the molecule is C[C@H](N)C(=O)N[C@@H](CCCN=C(N)N)C(=O)N[C@@H](C)C(=O)N[C@@H](C)C(=O)N[C@@H](C)C(=O)N[C@@H](C)C(=O)N[C@@H](C)C(=O)N[C@@H](C)C(=O)N[C@@H](C)C(=O)O. The molecule has 0 unspecified atom stereocenters. The first-order chi connectivity index (χ1) is 24.0. The summed E-state index contributed by atoms with van der Waals surface area (Å²) in [5.41, 5.74) is 16.2. The third-order valence-corrected chi connectivity index (χ3v) is 7.23. The molecule has 0 aromatic carbocycles. The highest BCUT2D eigenvalue weighted by molar-refractivity contribution is 5.97. The fourth-order valence-electron chi connectivity index (χ4n) is 3.87. The van der Waals surface area contributed by atoms with E-state index in [0.717, 1.165) is 0 Å². The lowest BCUT2D eigenvalue weighted by molar-refractivity contribution is -0.141. The number of guanidine groups is 1. The van der Waals surface area contributed by atoms with Gasteiger partial charge in [0.1, 0.15) is 48.3 Å². The second-order valence-electron chi connectivity index (χ2n) is 12.2. The third kappa shape index (κ3) is 17.4. The van der Waals surface area contributed by atoms with Crippen molar-refractivity contribution in [3.63, 3.8) is 0 Å². The maximum atomic E-state index is 12.9. The number of aliphatic carboxylic acids is 1. The standard InChI is InChI=1S/C30H54N12O10/c1-12(31)21(43)42-20(10-9-11-34-30(32)33)28(50)40-18(7)26(48)38-16(5)24(46)36-14(3)22(44)35-13(2)23(45)37-15(4)25(47)39-17(6)27(49)41-19(8)29(51)52/h12-20H,9-11,31H2,1-8H3,(H,35,44)(H,36,46)(H,37,45)(H,38,48)(H,39,47)(H,40,50)(H,41,49)(H,42,43)(H,51,52)(H4,32,33,34)/t12-,13-,14-,15-,16-,17-,18-,19-,20-/m0/s1. The number of carboxylic acids is 1. The predicted octanol–water partition coefficient (Wildman–Crippen LogP) is -5.51. The molecule has 0 fully saturated rings. The first-order valence-electron chi connectivity index (χ1n) is 16.4. The zero-order valence-corrected chi connectivity index (χ0v) is 30.6. The van der Waals surface area contributed by atoms with Crippen LogP contribution in [-0.2, 0) is 43.2 Å². The summed E-state index contributed by atoms with van der Waals surface area (Å²) >= 11 is 0. The highest BCUT2D eigenvalue weighted by Crippen LogP contribution is 2.01. The fraction of sp³-hybridized carbons (Fsp3) is 0.667. The summed E-state index contributed by atoms with van der Waals surface area (Å²) in [6, 6.07) is -10.1. The molecule has 15 N–H and O–H groups in total. The van der Waals surface area contributed by atoms with E-state index in [4.69, 9.17) is 22.3 Å². The van der Waals surface area contributed by atoms with Crippen LogP contribution in [0.3, 0.4) is 0 Å². The van der Waals surface area contributed by atoms with E-state index < -0.39 is 108 Å². The van der Waals surface area contributed by atoms with Crippen molar-refractivity contribution >= 4 is 59.2 Å². The molecular formula is C30H54N12O10. The number of carbonyl (C=O) groups excluding carboxylic acids is 8. The minimum atomic E-state index is -1.27. The number of nitrogens with one attached hydrogen (secondary N) is 8. The van der Waals surface area contributed by atoms with E-state index in [-0.39, 0.29) is 18.9 Å². The van der Waals surface area contributed by atoms with Crippen LogP contribution in [-0.4, -0.2) is 125 Å². The zero-order valence-electron chi connectivity index (χ0n) is 30.6. The normalized spacial score (nSPS) is 15.9. The van der Waals surface area contributed by atoms with Crippen molar-refractivity contribution in [3.8, 4) is 0 Å². The smallest absolute Gasteiger partial charge is 0.325 e. The molecule has 0 saturated heterocycles. The topological polar surface area (TPSA) is 361 Å². The average Bonchev–Trinajstić information content (AvgIpc) is 3.04. The second-order valence-corrected chi connectivity index (χ2v) is 12.2. The Labute approximate surface area is 301 Å². The summed E-state index contributed by atoms with van der Waals surface area (Å²) in [6.07, 6.45) is 0.441. The first-order valence-corrected chi connectivity index (χ1v) is 16.4. The van der Waals surface area contributed by atoms with Crippen molar-refractivity contribution in [2.24, 2.45) is 22.2 Å². The Bertz CT molecular complexity index is 1350. The molecule has 9 atom stereocenters. The molecular weight excluding hydrogens is 688 g/mol. The summed E-state index contributed by atoms with van der Waals surface area (Å²) in [5, 5.41) is 28.0. The van der Waals surface area contributed by atoms with Gasteiger partial charge in [0.05, 0.1) is 6.04 Å². The molecule has 0 rings (SSSR count). The Morgan fingerprint density at radius 2 is 0.769 bits per heavy atom. The molecule has 0 heterocycles. The van der Waals surface area contributed by atoms with Crippen LogP contribution in [0.4, 0.5) is 0 Å². The molecule has 0 saturated carbocycles. The predicted molar refractivity (Wildman–Crippen MR) is 186 cm³/mol. The molecule has 0 aliphatic rings. The van der Waals surface area contributed by atoms with Crippen LogP contribution in [0, 0.1) is 0 Å². The summed E-state index contributed by atoms with van der Waals surface area (Å²) < 4.78 is 0. The van der Waals surface area contributed by atoms with Crippen LogP contribution in [0.1, 0.15) is 68.2 Å². The van der Waals surface area contributed by atoms with Gasteiger partial charge in [-0.3, -0.25) is 48.1 Å². The van der Waals surface area contributed by atoms with Gasteiger partial charge in [-0.2, -0.15) is 0 Å². The fourth-order valence-corrected chi connectivity index (χ4v) is 3.87. The lowest BCUT2D eigenvalue weighted by atomic mass is 10.1. The summed E-state index contributed by atoms with van der Waals surface area (Å²) in [5.74, 6) is -7.27. The van der Waals surface area contributed by atoms with Crippen LogP contribution < -0.4 is 59.7 Å². The molecule has 0 radical (unpaired) electrons. The van der Waals surface area contributed by atoms with E-state index in [0.29, 0.717) is 6.42 Å². The maximum Gasteiger partial charge on any atom is 0.325 e.